The summed E-state index contributed by atoms with van der Waals surface area (Å²) in [5, 5.41) is 19.3. The van der Waals surface area contributed by atoms with Gasteiger partial charge in [-0.1, -0.05) is 58.0 Å². The Hall–Kier alpha value is -2.39. The number of fused-ring (bicyclic) bond motifs is 1. The Kier molecular flexibility index (Phi) is 5.48. The van der Waals surface area contributed by atoms with Crippen LogP contribution < -0.4 is 0 Å². The van der Waals surface area contributed by atoms with Gasteiger partial charge in [-0.15, -0.1) is 0 Å². The molecule has 0 saturated heterocycles. The van der Waals surface area contributed by atoms with E-state index < -0.39 is 12.1 Å². The highest BCUT2D eigenvalue weighted by Gasteiger charge is 2.36. The molecule has 154 valence electrons. The summed E-state index contributed by atoms with van der Waals surface area (Å²) in [6, 6.07) is 11.9. The number of aromatic carboxylic acids is 1. The summed E-state index contributed by atoms with van der Waals surface area (Å²) in [7, 11) is 0. The summed E-state index contributed by atoms with van der Waals surface area (Å²) >= 11 is 0. The Morgan fingerprint density at radius 1 is 1.00 bits per heavy atom. The van der Waals surface area contributed by atoms with Crippen LogP contribution in [0.5, 0.6) is 0 Å². The number of rotatable bonds is 4. The Labute approximate surface area is 174 Å². The van der Waals surface area contributed by atoms with Crippen LogP contribution in [0.25, 0.3) is 11.6 Å². The van der Waals surface area contributed by atoms with Crippen molar-refractivity contribution < 1.29 is 15.0 Å². The predicted octanol–water partition coefficient (Wildman–Crippen LogP) is 6.35. The average molecular weight is 393 g/mol. The number of carboxylic acid groups (broad SMARTS) is 1. The third kappa shape index (κ3) is 4.16. The lowest BCUT2D eigenvalue weighted by atomic mass is 9.63. The van der Waals surface area contributed by atoms with E-state index in [1.165, 1.54) is 29.5 Å². The first-order chi connectivity index (χ1) is 13.4. The fourth-order valence-electron chi connectivity index (χ4n) is 4.38. The maximum atomic E-state index is 11.4. The number of carboxylic acids is 1. The van der Waals surface area contributed by atoms with Gasteiger partial charge >= 0.3 is 5.97 Å². The molecule has 0 fully saturated rings. The van der Waals surface area contributed by atoms with Crippen LogP contribution in [-0.4, -0.2) is 16.2 Å². The van der Waals surface area contributed by atoms with Gasteiger partial charge in [-0.25, -0.2) is 4.79 Å². The van der Waals surface area contributed by atoms with Crippen LogP contribution in [0.15, 0.2) is 36.4 Å². The van der Waals surface area contributed by atoms with Gasteiger partial charge < -0.3 is 10.2 Å². The molecule has 1 aliphatic rings. The summed E-state index contributed by atoms with van der Waals surface area (Å²) in [6.45, 7) is 13.0. The van der Waals surface area contributed by atoms with Crippen molar-refractivity contribution in [2.45, 2.75) is 71.3 Å². The molecular formula is C26H32O3. The van der Waals surface area contributed by atoms with E-state index in [1.807, 2.05) is 0 Å². The van der Waals surface area contributed by atoms with Crippen molar-refractivity contribution in [3.8, 4) is 0 Å². The van der Waals surface area contributed by atoms with Crippen molar-refractivity contribution in [1.82, 2.24) is 0 Å². The molecule has 0 amide bonds. The molecule has 1 atom stereocenters. The molecule has 1 unspecified atom stereocenters. The number of aliphatic hydroxyl groups is 1. The van der Waals surface area contributed by atoms with E-state index in [-0.39, 0.29) is 16.4 Å². The van der Waals surface area contributed by atoms with Gasteiger partial charge in [-0.05, 0) is 83.0 Å². The zero-order chi connectivity index (χ0) is 21.6. The molecule has 0 aromatic heterocycles. The van der Waals surface area contributed by atoms with E-state index in [0.717, 1.165) is 11.1 Å². The lowest BCUT2D eigenvalue weighted by molar-refractivity contribution is 0.0690. The van der Waals surface area contributed by atoms with Gasteiger partial charge in [0.15, 0.2) is 0 Å². The molecule has 0 saturated carbocycles. The SMILES string of the molecule is C/C(=C\c1ccc(C(=O)O)c(C(C)O)c1)c1ccc2c(c1)C(C)(C)CCC2(C)C. The van der Waals surface area contributed by atoms with Crippen LogP contribution in [0.3, 0.4) is 0 Å². The fraction of sp³-hybridized carbons (Fsp3) is 0.423. The lowest BCUT2D eigenvalue weighted by Gasteiger charge is -2.42. The summed E-state index contributed by atoms with van der Waals surface area (Å²) in [6.07, 6.45) is 3.59. The van der Waals surface area contributed by atoms with Gasteiger partial charge in [0.1, 0.15) is 0 Å². The minimum absolute atomic E-state index is 0.146. The molecule has 2 N–H and O–H groups in total. The molecule has 1 aliphatic carbocycles. The molecule has 2 aromatic rings. The standard InChI is InChI=1S/C26H32O3/c1-16(13-18-7-9-20(24(28)29)21(14-18)17(2)27)19-8-10-22-23(15-19)26(5,6)12-11-25(22,3)4/h7-10,13-15,17,27H,11-12H2,1-6H3,(H,28,29)/b16-13+. The van der Waals surface area contributed by atoms with E-state index in [1.54, 1.807) is 25.1 Å². The van der Waals surface area contributed by atoms with E-state index in [0.29, 0.717) is 5.56 Å². The molecule has 3 rings (SSSR count). The zero-order valence-electron chi connectivity index (χ0n) is 18.3. The molecule has 0 bridgehead atoms. The summed E-state index contributed by atoms with van der Waals surface area (Å²) in [4.78, 5) is 11.4. The van der Waals surface area contributed by atoms with Crippen molar-refractivity contribution in [3.63, 3.8) is 0 Å². The maximum Gasteiger partial charge on any atom is 0.336 e. The topological polar surface area (TPSA) is 57.5 Å². The van der Waals surface area contributed by atoms with E-state index in [4.69, 9.17) is 0 Å². The minimum Gasteiger partial charge on any atom is -0.478 e. The average Bonchev–Trinajstić information content (AvgIpc) is 2.65. The summed E-state index contributed by atoms with van der Waals surface area (Å²) in [5.74, 6) is -1.02. The van der Waals surface area contributed by atoms with Gasteiger partial charge in [0.25, 0.3) is 0 Å². The second-order valence-electron chi connectivity index (χ2n) is 9.68. The van der Waals surface area contributed by atoms with Gasteiger partial charge in [0, 0.05) is 0 Å². The fourth-order valence-corrected chi connectivity index (χ4v) is 4.38. The molecular weight excluding hydrogens is 360 g/mol. The van der Waals surface area contributed by atoms with Crippen molar-refractivity contribution in [2.75, 3.05) is 0 Å². The first-order valence-corrected chi connectivity index (χ1v) is 10.3. The van der Waals surface area contributed by atoms with Crippen LogP contribution in [-0.2, 0) is 10.8 Å². The second-order valence-corrected chi connectivity index (χ2v) is 9.68. The number of benzene rings is 2. The smallest absolute Gasteiger partial charge is 0.336 e. The molecule has 2 aromatic carbocycles. The molecule has 0 spiro atoms. The molecule has 0 heterocycles. The third-order valence-corrected chi connectivity index (χ3v) is 6.45. The van der Waals surface area contributed by atoms with E-state index in [9.17, 15) is 15.0 Å². The first kappa shape index (κ1) is 21.3. The Morgan fingerprint density at radius 3 is 2.21 bits per heavy atom. The highest BCUT2D eigenvalue weighted by Crippen LogP contribution is 2.46. The van der Waals surface area contributed by atoms with Crippen LogP contribution in [0.1, 0.15) is 98.7 Å². The Morgan fingerprint density at radius 2 is 1.62 bits per heavy atom. The molecule has 0 aliphatic heterocycles. The zero-order valence-corrected chi connectivity index (χ0v) is 18.3. The number of hydrogen-bond donors (Lipinski definition) is 2. The second kappa shape index (κ2) is 7.46. The maximum absolute atomic E-state index is 11.4. The lowest BCUT2D eigenvalue weighted by Crippen LogP contribution is -2.33. The van der Waals surface area contributed by atoms with Gasteiger partial charge in [0.05, 0.1) is 11.7 Å². The number of hydrogen-bond acceptors (Lipinski definition) is 2. The Bertz CT molecular complexity index is 977. The molecule has 3 heteroatoms. The first-order valence-electron chi connectivity index (χ1n) is 10.3. The highest BCUT2D eigenvalue weighted by molar-refractivity contribution is 5.90. The molecule has 3 nitrogen and oxygen atoms in total. The van der Waals surface area contributed by atoms with Crippen LogP contribution in [0.2, 0.25) is 0 Å². The largest absolute Gasteiger partial charge is 0.478 e. The van der Waals surface area contributed by atoms with Crippen molar-refractivity contribution in [2.24, 2.45) is 0 Å². The van der Waals surface area contributed by atoms with E-state index >= 15 is 0 Å². The highest BCUT2D eigenvalue weighted by atomic mass is 16.4. The molecule has 0 radical (unpaired) electrons. The third-order valence-electron chi connectivity index (χ3n) is 6.45. The summed E-state index contributed by atoms with van der Waals surface area (Å²) in [5.41, 5.74) is 6.98. The summed E-state index contributed by atoms with van der Waals surface area (Å²) < 4.78 is 0. The predicted molar refractivity (Wildman–Crippen MR) is 119 cm³/mol. The van der Waals surface area contributed by atoms with Crippen LogP contribution in [0, 0.1) is 0 Å². The minimum atomic E-state index is -1.02. The van der Waals surface area contributed by atoms with Crippen molar-refractivity contribution >= 4 is 17.6 Å². The van der Waals surface area contributed by atoms with Crippen LogP contribution in [0.4, 0.5) is 0 Å². The number of carbonyl (C=O) groups is 1. The monoisotopic (exact) mass is 392 g/mol. The number of allylic oxidation sites excluding steroid dienone is 1. The Balaban J connectivity index is 2.03. The van der Waals surface area contributed by atoms with Gasteiger partial charge in [-0.3, -0.25) is 0 Å². The van der Waals surface area contributed by atoms with Gasteiger partial charge in [-0.2, -0.15) is 0 Å². The normalized spacial score (nSPS) is 18.8. The van der Waals surface area contributed by atoms with Crippen molar-refractivity contribution in [3.05, 3.63) is 69.8 Å². The molecule has 29 heavy (non-hydrogen) atoms. The number of aliphatic hydroxyl groups excluding tert-OH is 1. The van der Waals surface area contributed by atoms with E-state index in [2.05, 4.69) is 58.9 Å². The van der Waals surface area contributed by atoms with Gasteiger partial charge in [0.2, 0.25) is 0 Å². The van der Waals surface area contributed by atoms with Crippen molar-refractivity contribution in [1.29, 1.82) is 0 Å². The quantitative estimate of drug-likeness (QED) is 0.596. The van der Waals surface area contributed by atoms with Crippen LogP contribution >= 0.6 is 0 Å².